The first-order valence-corrected chi connectivity index (χ1v) is 4.43. The fourth-order valence-electron chi connectivity index (χ4n) is 1.29. The van der Waals surface area contributed by atoms with E-state index in [9.17, 15) is 0 Å². The van der Waals surface area contributed by atoms with E-state index in [1.54, 1.807) is 0 Å². The third-order valence-corrected chi connectivity index (χ3v) is 2.06. The first-order chi connectivity index (χ1) is 6.02. The van der Waals surface area contributed by atoms with Crippen LogP contribution in [0, 0.1) is 6.92 Å². The van der Waals surface area contributed by atoms with E-state index in [0.29, 0.717) is 0 Å². The van der Waals surface area contributed by atoms with Gasteiger partial charge in [0, 0.05) is 25.8 Å². The second-order valence-electron chi connectivity index (χ2n) is 3.53. The van der Waals surface area contributed by atoms with E-state index in [1.165, 1.54) is 0 Å². The minimum absolute atomic E-state index is 0.0590. The summed E-state index contributed by atoms with van der Waals surface area (Å²) in [6.45, 7) is 3.96. The van der Waals surface area contributed by atoms with Gasteiger partial charge < -0.3 is 10.6 Å². The van der Waals surface area contributed by atoms with Crippen LogP contribution < -0.4 is 10.6 Å². The average molecular weight is 179 g/mol. The summed E-state index contributed by atoms with van der Waals surface area (Å²) in [5.74, 6) is 0.974. The van der Waals surface area contributed by atoms with E-state index in [1.807, 2.05) is 45.0 Å². The van der Waals surface area contributed by atoms with Gasteiger partial charge in [-0.1, -0.05) is 6.07 Å². The van der Waals surface area contributed by atoms with Gasteiger partial charge in [0.2, 0.25) is 0 Å². The highest BCUT2D eigenvalue weighted by Gasteiger charge is 2.06. The van der Waals surface area contributed by atoms with Crippen LogP contribution >= 0.6 is 0 Å². The molecule has 1 rings (SSSR count). The maximum Gasteiger partial charge on any atom is 0.128 e. The van der Waals surface area contributed by atoms with Crippen LogP contribution in [-0.2, 0) is 0 Å². The van der Waals surface area contributed by atoms with E-state index < -0.39 is 0 Å². The lowest BCUT2D eigenvalue weighted by molar-refractivity contribution is 0.798. The Hall–Kier alpha value is -1.09. The quantitative estimate of drug-likeness (QED) is 0.747. The van der Waals surface area contributed by atoms with Crippen LogP contribution in [0.4, 0.5) is 5.82 Å². The van der Waals surface area contributed by atoms with Crippen LogP contribution in [0.25, 0.3) is 0 Å². The van der Waals surface area contributed by atoms with E-state index in [0.717, 1.165) is 17.1 Å². The Kier molecular flexibility index (Phi) is 2.88. The fourth-order valence-corrected chi connectivity index (χ4v) is 1.29. The smallest absolute Gasteiger partial charge is 0.128 e. The second-order valence-corrected chi connectivity index (χ2v) is 3.53. The summed E-state index contributed by atoms with van der Waals surface area (Å²) in [7, 11) is 3.96. The summed E-state index contributed by atoms with van der Waals surface area (Å²) in [5.41, 5.74) is 7.92. The van der Waals surface area contributed by atoms with Crippen LogP contribution in [-0.4, -0.2) is 19.1 Å². The second kappa shape index (κ2) is 3.75. The Morgan fingerprint density at radius 1 is 1.38 bits per heavy atom. The molecule has 0 radical (unpaired) electrons. The van der Waals surface area contributed by atoms with Gasteiger partial charge in [-0.05, 0) is 25.5 Å². The van der Waals surface area contributed by atoms with Gasteiger partial charge in [-0.3, -0.25) is 0 Å². The molecule has 3 heteroatoms. The van der Waals surface area contributed by atoms with Crippen molar-refractivity contribution in [1.82, 2.24) is 4.98 Å². The Balaban J connectivity index is 3.06. The molecule has 3 nitrogen and oxygen atoms in total. The predicted molar refractivity (Wildman–Crippen MR) is 55.9 cm³/mol. The molecule has 0 bridgehead atoms. The topological polar surface area (TPSA) is 42.2 Å². The minimum atomic E-state index is 0.0590. The van der Waals surface area contributed by atoms with Crippen molar-refractivity contribution in [1.29, 1.82) is 0 Å². The zero-order chi connectivity index (χ0) is 10.0. The van der Waals surface area contributed by atoms with Crippen molar-refractivity contribution in [2.75, 3.05) is 19.0 Å². The van der Waals surface area contributed by atoms with E-state index in [4.69, 9.17) is 5.73 Å². The van der Waals surface area contributed by atoms with Gasteiger partial charge in [-0.15, -0.1) is 0 Å². The van der Waals surface area contributed by atoms with Crippen molar-refractivity contribution in [2.24, 2.45) is 5.73 Å². The van der Waals surface area contributed by atoms with E-state index >= 15 is 0 Å². The number of rotatable bonds is 2. The number of anilines is 1. The molecule has 1 heterocycles. The SMILES string of the molecule is Cc1nc(N(C)C)ccc1C(C)N. The third kappa shape index (κ3) is 2.18. The number of nitrogens with two attached hydrogens (primary N) is 1. The molecule has 72 valence electrons. The van der Waals surface area contributed by atoms with Crippen molar-refractivity contribution >= 4 is 5.82 Å². The number of aromatic nitrogens is 1. The molecule has 0 aromatic carbocycles. The summed E-state index contributed by atoms with van der Waals surface area (Å²) in [6.07, 6.45) is 0. The Morgan fingerprint density at radius 3 is 2.38 bits per heavy atom. The van der Waals surface area contributed by atoms with Gasteiger partial charge >= 0.3 is 0 Å². The fraction of sp³-hybridized carbons (Fsp3) is 0.500. The average Bonchev–Trinajstić information content (AvgIpc) is 2.03. The molecular weight excluding hydrogens is 162 g/mol. The lowest BCUT2D eigenvalue weighted by Crippen LogP contribution is -2.13. The van der Waals surface area contributed by atoms with Crippen LogP contribution in [0.5, 0.6) is 0 Å². The number of pyridine rings is 1. The molecule has 0 fully saturated rings. The molecule has 0 saturated carbocycles. The van der Waals surface area contributed by atoms with Crippen LogP contribution in [0.1, 0.15) is 24.2 Å². The first-order valence-electron chi connectivity index (χ1n) is 4.43. The standard InChI is InChI=1S/C10H17N3/c1-7(11)9-5-6-10(13(3)4)12-8(9)2/h5-7H,11H2,1-4H3. The highest BCUT2D eigenvalue weighted by atomic mass is 15.1. The van der Waals surface area contributed by atoms with Gasteiger partial charge in [0.25, 0.3) is 0 Å². The summed E-state index contributed by atoms with van der Waals surface area (Å²) in [4.78, 5) is 6.42. The lowest BCUT2D eigenvalue weighted by atomic mass is 10.1. The number of hydrogen-bond donors (Lipinski definition) is 1. The van der Waals surface area contributed by atoms with Gasteiger partial charge in [0.05, 0.1) is 0 Å². The molecule has 0 aliphatic rings. The Bertz CT molecular complexity index is 292. The minimum Gasteiger partial charge on any atom is -0.363 e. The van der Waals surface area contributed by atoms with Gasteiger partial charge in [0.1, 0.15) is 5.82 Å². The van der Waals surface area contributed by atoms with Gasteiger partial charge in [-0.25, -0.2) is 4.98 Å². The molecule has 0 amide bonds. The maximum absolute atomic E-state index is 5.79. The highest BCUT2D eigenvalue weighted by molar-refractivity contribution is 5.40. The van der Waals surface area contributed by atoms with Gasteiger partial charge in [0.15, 0.2) is 0 Å². The maximum atomic E-state index is 5.79. The highest BCUT2D eigenvalue weighted by Crippen LogP contribution is 2.17. The summed E-state index contributed by atoms with van der Waals surface area (Å²) < 4.78 is 0. The molecule has 0 spiro atoms. The third-order valence-electron chi connectivity index (χ3n) is 2.06. The summed E-state index contributed by atoms with van der Waals surface area (Å²) in [5, 5.41) is 0. The largest absolute Gasteiger partial charge is 0.363 e. The number of nitrogens with zero attached hydrogens (tertiary/aromatic N) is 2. The van der Waals surface area contributed by atoms with E-state index in [-0.39, 0.29) is 6.04 Å². The molecule has 1 atom stereocenters. The Morgan fingerprint density at radius 2 is 2.00 bits per heavy atom. The van der Waals surface area contributed by atoms with Crippen LogP contribution in [0.3, 0.4) is 0 Å². The van der Waals surface area contributed by atoms with E-state index in [2.05, 4.69) is 4.98 Å². The van der Waals surface area contributed by atoms with Crippen LogP contribution in [0.2, 0.25) is 0 Å². The lowest BCUT2D eigenvalue weighted by Gasteiger charge is -2.15. The van der Waals surface area contributed by atoms with Crippen molar-refractivity contribution in [3.63, 3.8) is 0 Å². The zero-order valence-corrected chi connectivity index (χ0v) is 8.70. The van der Waals surface area contributed by atoms with Crippen molar-refractivity contribution in [3.8, 4) is 0 Å². The molecule has 0 saturated heterocycles. The number of hydrogen-bond acceptors (Lipinski definition) is 3. The molecule has 1 unspecified atom stereocenters. The Labute approximate surface area is 79.6 Å². The summed E-state index contributed by atoms with van der Waals surface area (Å²) >= 11 is 0. The molecule has 1 aromatic rings. The predicted octanol–water partition coefficient (Wildman–Crippen LogP) is 1.48. The van der Waals surface area contributed by atoms with Crippen LogP contribution in [0.15, 0.2) is 12.1 Å². The number of aryl methyl sites for hydroxylation is 1. The normalized spacial score (nSPS) is 12.7. The van der Waals surface area contributed by atoms with Crippen molar-refractivity contribution in [2.45, 2.75) is 19.9 Å². The summed E-state index contributed by atoms with van der Waals surface area (Å²) in [6, 6.07) is 4.09. The molecule has 0 aliphatic heterocycles. The van der Waals surface area contributed by atoms with Crippen molar-refractivity contribution < 1.29 is 0 Å². The molecule has 2 N–H and O–H groups in total. The first kappa shape index (κ1) is 9.99. The molecule has 13 heavy (non-hydrogen) atoms. The molecule has 0 aliphatic carbocycles. The molecular formula is C10H17N3. The monoisotopic (exact) mass is 179 g/mol. The van der Waals surface area contributed by atoms with Gasteiger partial charge in [-0.2, -0.15) is 0 Å². The molecule has 1 aromatic heterocycles. The van der Waals surface area contributed by atoms with Crippen molar-refractivity contribution in [3.05, 3.63) is 23.4 Å². The zero-order valence-electron chi connectivity index (χ0n) is 8.70.